The Morgan fingerprint density at radius 1 is 1.37 bits per heavy atom. The average Bonchev–Trinajstić information content (AvgIpc) is 2.71. The molecule has 0 radical (unpaired) electrons. The third kappa shape index (κ3) is 2.86. The molecule has 2 rings (SSSR count). The summed E-state index contributed by atoms with van der Waals surface area (Å²) in [6.45, 7) is 5.42. The predicted octanol–water partition coefficient (Wildman–Crippen LogP) is 4.14. The third-order valence-corrected chi connectivity index (χ3v) is 6.15. The van der Waals surface area contributed by atoms with E-state index in [1.165, 1.54) is 3.57 Å². The van der Waals surface area contributed by atoms with E-state index in [0.29, 0.717) is 5.95 Å². The SMILES string of the molecule is CCC(CC)(Cn1c(N)nc2cc(I)ccc21)SC. The fourth-order valence-corrected chi connectivity index (χ4v) is 3.71. The molecule has 0 fully saturated rings. The van der Waals surface area contributed by atoms with Gasteiger partial charge < -0.3 is 10.3 Å². The fraction of sp³-hybridized carbons (Fsp3) is 0.500. The molecule has 5 heteroatoms. The maximum absolute atomic E-state index is 6.11. The second-order valence-corrected chi connectivity index (χ2v) is 7.30. The van der Waals surface area contributed by atoms with Crippen LogP contribution in [0.3, 0.4) is 0 Å². The molecule has 104 valence electrons. The minimum absolute atomic E-state index is 0.241. The number of hydrogen-bond donors (Lipinski definition) is 1. The summed E-state index contributed by atoms with van der Waals surface area (Å²) in [7, 11) is 0. The van der Waals surface area contributed by atoms with Crippen LogP contribution in [0, 0.1) is 3.57 Å². The van der Waals surface area contributed by atoms with E-state index < -0.39 is 0 Å². The topological polar surface area (TPSA) is 43.8 Å². The Morgan fingerprint density at radius 2 is 2.05 bits per heavy atom. The van der Waals surface area contributed by atoms with Crippen molar-refractivity contribution in [3.8, 4) is 0 Å². The van der Waals surface area contributed by atoms with Gasteiger partial charge in [-0.15, -0.1) is 0 Å². The van der Waals surface area contributed by atoms with Crippen LogP contribution in [-0.4, -0.2) is 20.6 Å². The van der Waals surface area contributed by atoms with Crippen LogP contribution in [0.15, 0.2) is 18.2 Å². The van der Waals surface area contributed by atoms with Crippen molar-refractivity contribution in [1.29, 1.82) is 0 Å². The molecule has 1 aromatic heterocycles. The van der Waals surface area contributed by atoms with Crippen LogP contribution in [-0.2, 0) is 6.54 Å². The molecule has 3 nitrogen and oxygen atoms in total. The van der Waals surface area contributed by atoms with Gasteiger partial charge in [0.1, 0.15) is 0 Å². The molecule has 0 atom stereocenters. The van der Waals surface area contributed by atoms with Gasteiger partial charge in [0.05, 0.1) is 11.0 Å². The molecule has 1 aromatic carbocycles. The van der Waals surface area contributed by atoms with E-state index >= 15 is 0 Å². The van der Waals surface area contributed by atoms with Gasteiger partial charge in [-0.1, -0.05) is 13.8 Å². The van der Waals surface area contributed by atoms with Gasteiger partial charge in [-0.05, 0) is 59.9 Å². The zero-order valence-electron chi connectivity index (χ0n) is 11.6. The Labute approximate surface area is 132 Å². The Bertz CT molecular complexity index is 567. The zero-order valence-corrected chi connectivity index (χ0v) is 14.6. The smallest absolute Gasteiger partial charge is 0.201 e. The van der Waals surface area contributed by atoms with Gasteiger partial charge in [-0.3, -0.25) is 0 Å². The lowest BCUT2D eigenvalue weighted by Crippen LogP contribution is -2.29. The highest BCUT2D eigenvalue weighted by atomic mass is 127. The van der Waals surface area contributed by atoms with E-state index in [0.717, 1.165) is 30.4 Å². The summed E-state index contributed by atoms with van der Waals surface area (Å²) >= 11 is 4.24. The summed E-state index contributed by atoms with van der Waals surface area (Å²) < 4.78 is 3.59. The summed E-state index contributed by atoms with van der Waals surface area (Å²) in [4.78, 5) is 4.49. The van der Waals surface area contributed by atoms with Crippen LogP contribution in [0.2, 0.25) is 0 Å². The molecule has 0 aliphatic heterocycles. The van der Waals surface area contributed by atoms with Gasteiger partial charge in [-0.25, -0.2) is 4.98 Å². The van der Waals surface area contributed by atoms with Crippen molar-refractivity contribution >= 4 is 51.3 Å². The van der Waals surface area contributed by atoms with Crippen LogP contribution in [0.25, 0.3) is 11.0 Å². The Hall–Kier alpha value is -0.430. The molecular weight excluding hydrogens is 369 g/mol. The molecule has 0 amide bonds. The normalized spacial score (nSPS) is 12.2. The second kappa shape index (κ2) is 5.91. The zero-order chi connectivity index (χ0) is 14.0. The average molecular weight is 389 g/mol. The van der Waals surface area contributed by atoms with Crippen molar-refractivity contribution in [3.05, 3.63) is 21.8 Å². The first-order valence-corrected chi connectivity index (χ1v) is 8.82. The van der Waals surface area contributed by atoms with Gasteiger partial charge in [0.2, 0.25) is 5.95 Å². The lowest BCUT2D eigenvalue weighted by atomic mass is 10.0. The first-order chi connectivity index (χ1) is 9.05. The molecule has 0 bridgehead atoms. The molecule has 1 heterocycles. The van der Waals surface area contributed by atoms with E-state index in [1.807, 2.05) is 11.8 Å². The number of halogens is 1. The molecule has 0 unspecified atom stereocenters. The van der Waals surface area contributed by atoms with E-state index in [1.54, 1.807) is 0 Å². The molecular formula is C14H20IN3S. The fourth-order valence-electron chi connectivity index (χ4n) is 2.40. The van der Waals surface area contributed by atoms with Crippen molar-refractivity contribution in [1.82, 2.24) is 9.55 Å². The highest BCUT2D eigenvalue weighted by Crippen LogP contribution is 2.34. The van der Waals surface area contributed by atoms with Crippen LogP contribution < -0.4 is 5.73 Å². The molecule has 0 aliphatic carbocycles. The van der Waals surface area contributed by atoms with Crippen LogP contribution in [0.4, 0.5) is 5.95 Å². The number of rotatable bonds is 5. The molecule has 2 aromatic rings. The van der Waals surface area contributed by atoms with E-state index in [2.05, 4.69) is 70.4 Å². The highest BCUT2D eigenvalue weighted by Gasteiger charge is 2.27. The Balaban J connectivity index is 2.47. The van der Waals surface area contributed by atoms with Crippen LogP contribution in [0.1, 0.15) is 26.7 Å². The largest absolute Gasteiger partial charge is 0.369 e. The van der Waals surface area contributed by atoms with Crippen LogP contribution >= 0.6 is 34.4 Å². The van der Waals surface area contributed by atoms with E-state index in [-0.39, 0.29) is 4.75 Å². The number of nitrogens with zero attached hydrogens (tertiary/aromatic N) is 2. The van der Waals surface area contributed by atoms with Crippen molar-refractivity contribution in [2.24, 2.45) is 0 Å². The lowest BCUT2D eigenvalue weighted by molar-refractivity contribution is 0.476. The van der Waals surface area contributed by atoms with E-state index in [4.69, 9.17) is 5.73 Å². The van der Waals surface area contributed by atoms with Crippen molar-refractivity contribution in [2.75, 3.05) is 12.0 Å². The molecule has 0 aliphatic rings. The highest BCUT2D eigenvalue weighted by molar-refractivity contribution is 14.1. The molecule has 0 saturated heterocycles. The number of aromatic nitrogens is 2. The summed E-state index contributed by atoms with van der Waals surface area (Å²) in [5.74, 6) is 0.623. The summed E-state index contributed by atoms with van der Waals surface area (Å²) in [5.41, 5.74) is 8.24. The van der Waals surface area contributed by atoms with Gasteiger partial charge in [0.25, 0.3) is 0 Å². The summed E-state index contributed by atoms with van der Waals surface area (Å²) in [6.07, 6.45) is 4.45. The van der Waals surface area contributed by atoms with Crippen molar-refractivity contribution in [3.63, 3.8) is 0 Å². The molecule has 19 heavy (non-hydrogen) atoms. The lowest BCUT2D eigenvalue weighted by Gasteiger charge is -2.30. The number of nitrogens with two attached hydrogens (primary N) is 1. The molecule has 0 spiro atoms. The van der Waals surface area contributed by atoms with Crippen molar-refractivity contribution in [2.45, 2.75) is 38.0 Å². The number of fused-ring (bicyclic) bond motifs is 1. The summed E-state index contributed by atoms with van der Waals surface area (Å²) in [5, 5.41) is 0. The van der Waals surface area contributed by atoms with Crippen LogP contribution in [0.5, 0.6) is 0 Å². The number of hydrogen-bond acceptors (Lipinski definition) is 3. The number of benzene rings is 1. The molecule has 2 N–H and O–H groups in total. The van der Waals surface area contributed by atoms with Gasteiger partial charge in [-0.2, -0.15) is 11.8 Å². The summed E-state index contributed by atoms with van der Waals surface area (Å²) in [6, 6.07) is 6.32. The minimum atomic E-state index is 0.241. The number of anilines is 1. The maximum atomic E-state index is 6.11. The van der Waals surface area contributed by atoms with E-state index in [9.17, 15) is 0 Å². The Kier molecular flexibility index (Phi) is 4.66. The number of thioether (sulfide) groups is 1. The third-order valence-electron chi connectivity index (χ3n) is 3.91. The predicted molar refractivity (Wildman–Crippen MR) is 93.7 cm³/mol. The first kappa shape index (κ1) is 15.0. The number of nitrogen functional groups attached to an aromatic ring is 1. The van der Waals surface area contributed by atoms with Crippen molar-refractivity contribution < 1.29 is 0 Å². The standard InChI is InChI=1S/C14H20IN3S/c1-4-14(5-2,19-3)9-18-12-7-6-10(15)8-11(12)17-13(18)16/h6-8H,4-5,9H2,1-3H3,(H2,16,17). The Morgan fingerprint density at radius 3 is 2.63 bits per heavy atom. The van der Waals surface area contributed by atoms with Gasteiger partial charge in [0, 0.05) is 14.9 Å². The monoisotopic (exact) mass is 389 g/mol. The maximum Gasteiger partial charge on any atom is 0.201 e. The minimum Gasteiger partial charge on any atom is -0.369 e. The van der Waals surface area contributed by atoms with Gasteiger partial charge in [0.15, 0.2) is 0 Å². The first-order valence-electron chi connectivity index (χ1n) is 6.51. The van der Waals surface area contributed by atoms with Gasteiger partial charge >= 0.3 is 0 Å². The quantitative estimate of drug-likeness (QED) is 0.782. The molecule has 0 saturated carbocycles. The second-order valence-electron chi connectivity index (χ2n) is 4.78. The number of imidazole rings is 1.